The number of aryl methyl sites for hydroxylation is 1. The van der Waals surface area contributed by atoms with E-state index in [0.29, 0.717) is 32.8 Å². The number of ether oxygens (including phenoxy) is 1. The van der Waals surface area contributed by atoms with Crippen molar-refractivity contribution >= 4 is 32.7 Å². The quantitative estimate of drug-likeness (QED) is 0.690. The molecule has 0 bridgehead atoms. The molecule has 1 aliphatic heterocycles. The van der Waals surface area contributed by atoms with Gasteiger partial charge in [-0.1, -0.05) is 30.4 Å². The molecule has 0 radical (unpaired) electrons. The fraction of sp³-hybridized carbons (Fsp3) is 0.350. The van der Waals surface area contributed by atoms with Crippen LogP contribution in [0.2, 0.25) is 0 Å². The van der Waals surface area contributed by atoms with Crippen LogP contribution in [-0.4, -0.2) is 47.2 Å². The van der Waals surface area contributed by atoms with E-state index in [9.17, 15) is 4.79 Å². The molecule has 140 valence electrons. The van der Waals surface area contributed by atoms with Crippen molar-refractivity contribution < 1.29 is 9.53 Å². The van der Waals surface area contributed by atoms with E-state index in [4.69, 9.17) is 9.72 Å². The number of fused-ring (bicyclic) bond motifs is 1. The van der Waals surface area contributed by atoms with E-state index in [2.05, 4.69) is 24.0 Å². The van der Waals surface area contributed by atoms with Crippen LogP contribution in [0.1, 0.15) is 18.1 Å². The third-order valence-corrected chi connectivity index (χ3v) is 5.70. The van der Waals surface area contributed by atoms with Crippen molar-refractivity contribution in [3.05, 3.63) is 53.9 Å². The first-order valence-electron chi connectivity index (χ1n) is 9.17. The molecule has 0 spiro atoms. The molecule has 1 aliphatic rings. The van der Waals surface area contributed by atoms with Crippen LogP contribution >= 0.6 is 11.3 Å². The number of morpholine rings is 1. The molecule has 0 atom stereocenters. The predicted molar refractivity (Wildman–Crippen MR) is 107 cm³/mol. The van der Waals surface area contributed by atoms with Crippen LogP contribution < -0.4 is 4.90 Å². The number of nitrogens with zero attached hydrogens (tertiary/aromatic N) is 4. The van der Waals surface area contributed by atoms with Gasteiger partial charge in [0.15, 0.2) is 5.13 Å². The first kappa shape index (κ1) is 17.9. The molecule has 7 heteroatoms. The van der Waals surface area contributed by atoms with Gasteiger partial charge in [0.2, 0.25) is 0 Å². The number of hydrogen-bond acceptors (Lipinski definition) is 5. The Morgan fingerprint density at radius 2 is 2.11 bits per heavy atom. The molecule has 0 aliphatic carbocycles. The van der Waals surface area contributed by atoms with Crippen molar-refractivity contribution in [3.8, 4) is 0 Å². The highest BCUT2D eigenvalue weighted by atomic mass is 32.1. The van der Waals surface area contributed by atoms with E-state index in [1.807, 2.05) is 23.1 Å². The second kappa shape index (κ2) is 8.02. The maximum Gasteiger partial charge on any atom is 0.326 e. The summed E-state index contributed by atoms with van der Waals surface area (Å²) in [4.78, 5) is 25.8. The Balaban J connectivity index is 1.69. The molecule has 0 saturated carbocycles. The van der Waals surface area contributed by atoms with Gasteiger partial charge in [-0.15, -0.1) is 0 Å². The zero-order valence-electron chi connectivity index (χ0n) is 15.3. The molecule has 1 fully saturated rings. The smallest absolute Gasteiger partial charge is 0.326 e. The standard InChI is InChI=1S/C20H22N4O2S/c1-2-15-5-6-17-18(12-15)27-19(22-17)24(14-16-4-3-7-21-13-16)20(25)23-8-10-26-11-9-23/h3-7,12-13H,2,8-11,14H2,1H3. The molecule has 1 aromatic carbocycles. The summed E-state index contributed by atoms with van der Waals surface area (Å²) in [5.74, 6) is 0. The number of carbonyl (C=O) groups is 1. The highest BCUT2D eigenvalue weighted by Crippen LogP contribution is 2.31. The Bertz CT molecular complexity index is 922. The largest absolute Gasteiger partial charge is 0.378 e. The van der Waals surface area contributed by atoms with Crippen LogP contribution in [0.15, 0.2) is 42.7 Å². The molecule has 3 heterocycles. The molecule has 1 saturated heterocycles. The van der Waals surface area contributed by atoms with Crippen LogP contribution in [0, 0.1) is 0 Å². The summed E-state index contributed by atoms with van der Waals surface area (Å²) >= 11 is 1.56. The lowest BCUT2D eigenvalue weighted by molar-refractivity contribution is 0.0548. The van der Waals surface area contributed by atoms with Crippen molar-refractivity contribution in [1.82, 2.24) is 14.9 Å². The average molecular weight is 382 g/mol. The van der Waals surface area contributed by atoms with Gasteiger partial charge in [-0.3, -0.25) is 9.88 Å². The Labute approximate surface area is 162 Å². The predicted octanol–water partition coefficient (Wildman–Crippen LogP) is 3.71. The summed E-state index contributed by atoms with van der Waals surface area (Å²) in [5.41, 5.74) is 3.18. The van der Waals surface area contributed by atoms with Gasteiger partial charge < -0.3 is 9.64 Å². The number of urea groups is 1. The minimum Gasteiger partial charge on any atom is -0.378 e. The second-order valence-corrected chi connectivity index (χ2v) is 7.49. The van der Waals surface area contributed by atoms with Crippen LogP contribution in [0.25, 0.3) is 10.2 Å². The maximum absolute atomic E-state index is 13.2. The number of pyridine rings is 1. The summed E-state index contributed by atoms with van der Waals surface area (Å²) < 4.78 is 6.50. The normalized spacial score (nSPS) is 14.5. The van der Waals surface area contributed by atoms with E-state index >= 15 is 0 Å². The lowest BCUT2D eigenvalue weighted by Gasteiger charge is -2.31. The van der Waals surface area contributed by atoms with Crippen molar-refractivity contribution in [2.45, 2.75) is 19.9 Å². The maximum atomic E-state index is 13.2. The molecular weight excluding hydrogens is 360 g/mol. The van der Waals surface area contributed by atoms with Crippen molar-refractivity contribution in [2.24, 2.45) is 0 Å². The van der Waals surface area contributed by atoms with E-state index in [-0.39, 0.29) is 6.03 Å². The van der Waals surface area contributed by atoms with E-state index in [1.54, 1.807) is 28.6 Å². The minimum atomic E-state index is -0.0306. The molecule has 27 heavy (non-hydrogen) atoms. The lowest BCUT2D eigenvalue weighted by Crippen LogP contribution is -2.48. The van der Waals surface area contributed by atoms with Gasteiger partial charge >= 0.3 is 6.03 Å². The monoisotopic (exact) mass is 382 g/mol. The van der Waals surface area contributed by atoms with Crippen molar-refractivity contribution in [3.63, 3.8) is 0 Å². The highest BCUT2D eigenvalue weighted by Gasteiger charge is 2.26. The zero-order valence-corrected chi connectivity index (χ0v) is 16.1. The first-order valence-corrected chi connectivity index (χ1v) is 9.99. The Kier molecular flexibility index (Phi) is 5.31. The number of aromatic nitrogens is 2. The van der Waals surface area contributed by atoms with Gasteiger partial charge in [0, 0.05) is 25.5 Å². The molecule has 4 rings (SSSR count). The Hall–Kier alpha value is -2.51. The number of anilines is 1. The number of thiazole rings is 1. The van der Waals surface area contributed by atoms with E-state index < -0.39 is 0 Å². The second-order valence-electron chi connectivity index (χ2n) is 6.48. The molecule has 0 unspecified atom stereocenters. The zero-order chi connectivity index (χ0) is 18.6. The summed E-state index contributed by atoms with van der Waals surface area (Å²) in [7, 11) is 0. The fourth-order valence-electron chi connectivity index (χ4n) is 3.11. The minimum absolute atomic E-state index is 0.0306. The molecule has 6 nitrogen and oxygen atoms in total. The van der Waals surface area contributed by atoms with Crippen LogP contribution in [0.3, 0.4) is 0 Å². The number of amides is 2. The SMILES string of the molecule is CCc1ccc2nc(N(Cc3cccnc3)C(=O)N3CCOCC3)sc2c1. The van der Waals surface area contributed by atoms with Crippen molar-refractivity contribution in [1.29, 1.82) is 0 Å². The number of carbonyl (C=O) groups excluding carboxylic acids is 1. The molecule has 0 N–H and O–H groups in total. The summed E-state index contributed by atoms with van der Waals surface area (Å²) in [6.07, 6.45) is 4.51. The molecule has 2 aromatic heterocycles. The van der Waals surface area contributed by atoms with Gasteiger partial charge in [-0.2, -0.15) is 0 Å². The molecule has 2 amide bonds. The number of hydrogen-bond donors (Lipinski definition) is 0. The Morgan fingerprint density at radius 3 is 2.85 bits per heavy atom. The topological polar surface area (TPSA) is 58.6 Å². The average Bonchev–Trinajstić information content (AvgIpc) is 3.15. The van der Waals surface area contributed by atoms with Gasteiger partial charge in [-0.25, -0.2) is 9.78 Å². The molecular formula is C20H22N4O2S. The summed E-state index contributed by atoms with van der Waals surface area (Å²) in [6.45, 7) is 4.95. The van der Waals surface area contributed by atoms with Gasteiger partial charge in [0.05, 0.1) is 30.0 Å². The summed E-state index contributed by atoms with van der Waals surface area (Å²) in [5, 5.41) is 0.721. The van der Waals surface area contributed by atoms with Crippen molar-refractivity contribution in [2.75, 3.05) is 31.2 Å². The van der Waals surface area contributed by atoms with Crippen LogP contribution in [-0.2, 0) is 17.7 Å². The fourth-order valence-corrected chi connectivity index (χ4v) is 4.13. The number of benzene rings is 1. The molecule has 3 aromatic rings. The third-order valence-electron chi connectivity index (χ3n) is 4.66. The van der Waals surface area contributed by atoms with Crippen LogP contribution in [0.4, 0.5) is 9.93 Å². The van der Waals surface area contributed by atoms with Crippen LogP contribution in [0.5, 0.6) is 0 Å². The lowest BCUT2D eigenvalue weighted by atomic mass is 10.2. The number of rotatable bonds is 4. The van der Waals surface area contributed by atoms with Gasteiger partial charge in [-0.05, 0) is 35.7 Å². The van der Waals surface area contributed by atoms with Gasteiger partial charge in [0.1, 0.15) is 0 Å². The third kappa shape index (κ3) is 3.94. The highest BCUT2D eigenvalue weighted by molar-refractivity contribution is 7.22. The Morgan fingerprint density at radius 1 is 1.26 bits per heavy atom. The first-order chi connectivity index (χ1) is 13.2. The summed E-state index contributed by atoms with van der Waals surface area (Å²) in [6, 6.07) is 10.1. The van der Waals surface area contributed by atoms with E-state index in [0.717, 1.165) is 27.3 Å². The van der Waals surface area contributed by atoms with E-state index in [1.165, 1.54) is 5.56 Å². The van der Waals surface area contributed by atoms with Gasteiger partial charge in [0.25, 0.3) is 0 Å².